The third-order valence-corrected chi connectivity index (χ3v) is 22.2. The van der Waals surface area contributed by atoms with Crippen LogP contribution in [0.15, 0.2) is 431 Å². The van der Waals surface area contributed by atoms with Crippen molar-refractivity contribution >= 4 is 52.5 Å². The molecule has 0 saturated heterocycles. The lowest BCUT2D eigenvalue weighted by Crippen LogP contribution is -2.31. The summed E-state index contributed by atoms with van der Waals surface area (Å²) in [6.07, 6.45) is 23.6. The predicted octanol–water partition coefficient (Wildman–Crippen LogP) is 18.8. The Hall–Kier alpha value is -19.1. The number of H-pyrrole nitrogens is 6. The van der Waals surface area contributed by atoms with Crippen LogP contribution in [0.5, 0.6) is 0 Å². The smallest absolute Gasteiger partial charge is 0.261 e. The van der Waals surface area contributed by atoms with Gasteiger partial charge in [-0.2, -0.15) is 0 Å². The van der Waals surface area contributed by atoms with Crippen LogP contribution in [-0.2, 0) is 24.9 Å². The maximum Gasteiger partial charge on any atom is 0.261 e. The zero-order chi connectivity index (χ0) is 101. The summed E-state index contributed by atoms with van der Waals surface area (Å²) in [6.45, 7) is 11.8. The summed E-state index contributed by atoms with van der Waals surface area (Å²) in [5, 5.41) is 16.6. The van der Waals surface area contributed by atoms with Crippen LogP contribution in [0.25, 0.3) is 66.8 Å². The van der Waals surface area contributed by atoms with Crippen LogP contribution in [0, 0.1) is 0 Å². The van der Waals surface area contributed by atoms with Gasteiger partial charge in [-0.25, -0.2) is 0 Å². The predicted molar refractivity (Wildman–Crippen MR) is 560 cm³/mol. The molecule has 18 rings (SSSR count). The summed E-state index contributed by atoms with van der Waals surface area (Å²) in [4.78, 5) is 178. The molecule has 0 spiro atoms. The number of aromatic nitrogens is 10. The third-order valence-electron chi connectivity index (χ3n) is 22.2. The van der Waals surface area contributed by atoms with Crippen LogP contribution in [0.1, 0.15) is 131 Å². The van der Waals surface area contributed by atoms with Crippen LogP contribution < -0.4 is 65.3 Å². The fourth-order valence-corrected chi connectivity index (χ4v) is 14.3. The first-order valence-electron chi connectivity index (χ1n) is 45.6. The average molecular weight is 1900 g/mol. The Morgan fingerprint density at radius 1 is 0.259 bits per heavy atom. The van der Waals surface area contributed by atoms with Gasteiger partial charge in [0.15, 0.2) is 0 Å². The molecule has 8 aromatic carbocycles. The zero-order valence-corrected chi connectivity index (χ0v) is 78.7. The first-order valence-corrected chi connectivity index (χ1v) is 45.6. The highest BCUT2D eigenvalue weighted by Gasteiger charge is 2.21. The van der Waals surface area contributed by atoms with E-state index in [4.69, 9.17) is 0 Å². The summed E-state index contributed by atoms with van der Waals surface area (Å²) < 4.78 is 0. The van der Waals surface area contributed by atoms with Gasteiger partial charge in [-0.15, -0.1) is 0 Å². The van der Waals surface area contributed by atoms with Crippen LogP contribution in [0.3, 0.4) is 0 Å². The van der Waals surface area contributed by atoms with Crippen molar-refractivity contribution in [1.29, 1.82) is 0 Å². The van der Waals surface area contributed by atoms with Gasteiger partial charge in [-0.05, 0) is 234 Å². The number of pyridine rings is 10. The van der Waals surface area contributed by atoms with E-state index in [0.29, 0.717) is 49.0 Å². The summed E-state index contributed by atoms with van der Waals surface area (Å²) in [6, 6.07) is 96.6. The fraction of sp³-hybridized carbons (Fsp3) is 0.0957. The second-order valence-electron chi connectivity index (χ2n) is 33.6. The van der Waals surface area contributed by atoms with Gasteiger partial charge in [0.1, 0.15) is 33.4 Å². The Balaban J connectivity index is 0.000000144. The molecule has 10 heterocycles. The Morgan fingerprint density at radius 2 is 0.490 bits per heavy atom. The summed E-state index contributed by atoms with van der Waals surface area (Å²) in [5.41, 5.74) is 15.6. The minimum Gasteiger partial charge on any atom is -0.352 e. The van der Waals surface area contributed by atoms with Gasteiger partial charge in [0, 0.05) is 123 Å². The molecule has 6 amide bonds. The maximum atomic E-state index is 12.6. The van der Waals surface area contributed by atoms with E-state index in [1.54, 1.807) is 135 Å². The molecular weight excluding hydrogens is 1800 g/mol. The number of hydrogen-bond donors (Lipinski definition) is 12. The number of hydrogen-bond acceptors (Lipinski definition) is 16. The summed E-state index contributed by atoms with van der Waals surface area (Å²) >= 11 is 0. The normalized spacial score (nSPS) is 10.5. The van der Waals surface area contributed by atoms with E-state index < -0.39 is 57.0 Å². The zero-order valence-electron chi connectivity index (χ0n) is 78.7. The van der Waals surface area contributed by atoms with Gasteiger partial charge >= 0.3 is 0 Å². The minimum absolute atomic E-state index is 0.0402. The van der Waals surface area contributed by atoms with Crippen molar-refractivity contribution in [3.8, 4) is 66.8 Å². The molecule has 0 aliphatic rings. The second kappa shape index (κ2) is 50.6. The van der Waals surface area contributed by atoms with Crippen molar-refractivity contribution in [2.75, 3.05) is 22.5 Å². The maximum absolute atomic E-state index is 12.6. The molecule has 0 bridgehead atoms. The molecule has 12 N–H and O–H groups in total. The summed E-state index contributed by atoms with van der Waals surface area (Å²) in [5.74, 6) is -2.03. The van der Waals surface area contributed by atoms with Gasteiger partial charge < -0.3 is 61.8 Å². The lowest BCUT2D eigenvalue weighted by Gasteiger charge is -2.19. The average Bonchev–Trinajstić information content (AvgIpc) is 0.831. The number of benzene rings is 8. The number of nitrogens with one attached hydrogen (secondary N) is 12. The number of aromatic amines is 6. The highest BCUT2D eigenvalue weighted by atomic mass is 16.2. The lowest BCUT2D eigenvalue weighted by molar-refractivity contribution is 0.0941. The van der Waals surface area contributed by atoms with E-state index in [1.807, 2.05) is 267 Å². The van der Waals surface area contributed by atoms with Crippen molar-refractivity contribution < 1.29 is 28.8 Å². The van der Waals surface area contributed by atoms with Crippen molar-refractivity contribution in [1.82, 2.24) is 65.8 Å². The summed E-state index contributed by atoms with van der Waals surface area (Å²) in [7, 11) is 0. The largest absolute Gasteiger partial charge is 0.352 e. The molecule has 28 nitrogen and oxygen atoms in total. The van der Waals surface area contributed by atoms with Gasteiger partial charge in [0.2, 0.25) is 0 Å². The molecular formula is C115H102N16O12. The molecule has 28 heteroatoms. The number of amides is 6. The number of carbonyl (C=O) groups excluding carboxylic acids is 6. The molecule has 18 aromatic rings. The van der Waals surface area contributed by atoms with E-state index >= 15 is 0 Å². The van der Waals surface area contributed by atoms with Crippen LogP contribution in [0.4, 0.5) is 17.1 Å². The molecule has 0 radical (unpaired) electrons. The molecule has 0 fully saturated rings. The topological polar surface area (TPSA) is 423 Å². The van der Waals surface area contributed by atoms with E-state index in [9.17, 15) is 57.5 Å². The molecule has 143 heavy (non-hydrogen) atoms. The number of anilines is 3. The third kappa shape index (κ3) is 29.9. The number of carbonyl (C=O) groups is 6. The minimum atomic E-state index is -0.439. The molecule has 0 atom stereocenters. The molecule has 0 saturated carbocycles. The number of nitrogens with zero attached hydrogens (tertiary/aromatic N) is 4. The van der Waals surface area contributed by atoms with Crippen molar-refractivity contribution in [2.24, 2.45) is 0 Å². The van der Waals surface area contributed by atoms with Gasteiger partial charge in [-0.3, -0.25) is 77.5 Å². The quantitative estimate of drug-likeness (QED) is 0.0283. The monoisotopic (exact) mass is 1900 g/mol. The first kappa shape index (κ1) is 101. The highest BCUT2D eigenvalue weighted by Crippen LogP contribution is 2.28. The molecule has 0 unspecified atom stereocenters. The Kier molecular flexibility index (Phi) is 35.9. The van der Waals surface area contributed by atoms with Crippen LogP contribution in [0.2, 0.25) is 0 Å². The van der Waals surface area contributed by atoms with Gasteiger partial charge in [0.05, 0.1) is 0 Å². The van der Waals surface area contributed by atoms with E-state index in [2.05, 4.69) is 116 Å². The Bertz CT molecular complexity index is 7550. The van der Waals surface area contributed by atoms with E-state index in [1.165, 1.54) is 11.1 Å². The van der Waals surface area contributed by atoms with Crippen molar-refractivity contribution in [2.45, 2.75) is 65.5 Å². The van der Waals surface area contributed by atoms with Gasteiger partial charge in [0.25, 0.3) is 68.8 Å². The SMILES string of the molecule is CC(C)(C)c1ccc(NC(=O)c2cc(-c3ccncc3)c[nH]c2=O)cc1.CC(C)c1ccc(NC(=O)c2cc(-c3ccncc3)c[nH]c2=O)cc1.O=C(NCCc1ccccc1)c1cc(-c2ccncc2)c[nH]c1=O.O=C(NCc1ccccc1)c1cc(-c2ccccc2)c[nH]c1=O.O=C(NCc1ccccc1)c1cc(-c2ccncc2)c[nH]c1=O.O=C(Nc1ccccc1)c1cc(-c2ccccc2)c[nH]c1=O. The van der Waals surface area contributed by atoms with Crippen molar-refractivity contribution in [3.63, 3.8) is 0 Å². The lowest BCUT2D eigenvalue weighted by atomic mass is 9.87. The Labute approximate surface area is 822 Å². The first-order chi connectivity index (χ1) is 69.3. The second-order valence-corrected chi connectivity index (χ2v) is 33.6. The van der Waals surface area contributed by atoms with Crippen molar-refractivity contribution in [3.05, 3.63) is 526 Å². The molecule has 0 aliphatic carbocycles. The molecule has 10 aromatic heterocycles. The number of rotatable bonds is 23. The van der Waals surface area contributed by atoms with E-state index in [0.717, 1.165) is 83.5 Å². The highest BCUT2D eigenvalue weighted by molar-refractivity contribution is 6.06. The van der Waals surface area contributed by atoms with Crippen LogP contribution >= 0.6 is 0 Å². The Morgan fingerprint density at radius 3 is 0.762 bits per heavy atom. The molecule has 0 aliphatic heterocycles. The van der Waals surface area contributed by atoms with E-state index in [-0.39, 0.29) is 50.6 Å². The standard InChI is InChI=1S/C21H21N3O2.C20H19N3O2.C19H17N3O2.C19H16N2O2.C18H15N3O2.C18H14N2O2/c1-21(2,3)16-4-6-17(7-5-16)24-20(26)18-12-15(13-23-19(18)25)14-8-10-22-11-9-14;1-13(2)14-3-5-17(6-4-14)23-20(25)18-11-16(12-22-19(18)24)15-7-9-21-10-8-15;23-18(21-11-6-14-4-2-1-3-5-14)17-12-16(13-22-19(17)24)15-7-9-20-10-8-15;22-18(20-12-14-7-3-1-4-8-14)17-11-16(13-21-19(17)23)15-9-5-2-6-10-15;22-17(20-11-13-4-2-1-3-5-13)16-10-15(12-21-18(16)23)14-6-8-19-9-7-14;21-17-16(18(22)20-15-9-5-2-6-10-15)11-14(12-19-17)13-7-3-1-4-8-13/h4-13H,1-3H3,(H,23,25)(H,24,26);3-13H,1-2H3,(H,22,24)(H,23,25);1-5,7-10,12-13H,6,11H2,(H,21,23)(H,22,24);1-11,13H,12H2,(H,20,22)(H,21,23);1-10,12H,11H2,(H,20,22)(H,21,23);1-12H,(H,19,21)(H,20,22). The van der Waals surface area contributed by atoms with Crippen LogP contribution in [-0.4, -0.2) is 91.8 Å². The number of para-hydroxylation sites is 1. The fourth-order valence-electron chi connectivity index (χ4n) is 14.3. The van der Waals surface area contributed by atoms with Gasteiger partial charge in [-0.1, -0.05) is 229 Å². The molecule has 714 valence electrons.